The third-order valence-electron chi connectivity index (χ3n) is 7.28. The van der Waals surface area contributed by atoms with Gasteiger partial charge in [0.15, 0.2) is 15.7 Å². The van der Waals surface area contributed by atoms with Gasteiger partial charge >= 0.3 is 0 Å². The number of aromatic nitrogens is 2. The minimum absolute atomic E-state index is 0.0726. The summed E-state index contributed by atoms with van der Waals surface area (Å²) in [5.41, 5.74) is 2.87. The summed E-state index contributed by atoms with van der Waals surface area (Å²) >= 11 is 0. The number of fused-ring (bicyclic) bond motifs is 1. The first kappa shape index (κ1) is 24.6. The zero-order chi connectivity index (χ0) is 24.8. The summed E-state index contributed by atoms with van der Waals surface area (Å²) in [7, 11) is -3.47. The molecule has 1 N–H and O–H groups in total. The highest BCUT2D eigenvalue weighted by Gasteiger charge is 2.33. The van der Waals surface area contributed by atoms with Gasteiger partial charge in [-0.25, -0.2) is 13.4 Å². The number of sulfone groups is 1. The molecule has 0 amide bonds. The molecule has 1 saturated carbocycles. The van der Waals surface area contributed by atoms with Gasteiger partial charge in [0.05, 0.1) is 15.8 Å². The number of hydrogen-bond donors (Lipinski definition) is 1. The largest absolute Gasteiger partial charge is 0.489 e. The van der Waals surface area contributed by atoms with Crippen LogP contribution in [0.5, 0.6) is 5.75 Å². The lowest BCUT2D eigenvalue weighted by Gasteiger charge is -2.37. The van der Waals surface area contributed by atoms with Crippen molar-refractivity contribution in [1.29, 1.82) is 0 Å². The molecule has 1 aliphatic carbocycles. The normalized spacial score (nSPS) is 21.5. The lowest BCUT2D eigenvalue weighted by Crippen LogP contribution is -2.36. The second-order valence-corrected chi connectivity index (χ2v) is 12.9. The molecule has 1 aromatic carbocycles. The van der Waals surface area contributed by atoms with E-state index in [2.05, 4.69) is 25.8 Å². The zero-order valence-corrected chi connectivity index (χ0v) is 21.8. The highest BCUT2D eigenvalue weighted by atomic mass is 32.2. The average Bonchev–Trinajstić information content (AvgIpc) is 3.27. The first-order valence-electron chi connectivity index (χ1n) is 12.2. The van der Waals surface area contributed by atoms with E-state index in [0.29, 0.717) is 40.6 Å². The highest BCUT2D eigenvalue weighted by Crippen LogP contribution is 2.43. The van der Waals surface area contributed by atoms with E-state index >= 15 is 0 Å². The van der Waals surface area contributed by atoms with Crippen molar-refractivity contribution < 1.29 is 18.4 Å². The van der Waals surface area contributed by atoms with E-state index in [1.165, 1.54) is 0 Å². The molecule has 4 rings (SSSR count). The molecule has 3 atom stereocenters. The number of hydrogen-bond acceptors (Lipinski definition) is 5. The Morgan fingerprint density at radius 2 is 1.79 bits per heavy atom. The second-order valence-electron chi connectivity index (χ2n) is 10.4. The molecule has 0 radical (unpaired) electrons. The number of aryl methyl sites for hydroxylation is 1. The fraction of sp³-hybridized carbons (Fsp3) is 0.519. The van der Waals surface area contributed by atoms with Crippen LogP contribution in [-0.2, 0) is 9.84 Å². The molecule has 3 unspecified atom stereocenters. The van der Waals surface area contributed by atoms with Gasteiger partial charge in [-0.2, -0.15) is 4.73 Å². The Balaban J connectivity index is 1.87. The Labute approximate surface area is 203 Å². The number of benzene rings is 1. The molecule has 1 aromatic rings. The van der Waals surface area contributed by atoms with Crippen molar-refractivity contribution in [3.8, 4) is 28.3 Å². The van der Waals surface area contributed by atoms with E-state index < -0.39 is 15.1 Å². The predicted octanol–water partition coefficient (Wildman–Crippen LogP) is 6.22. The SMILES string of the molecule is Cc1cc(-c2cc(S(=O)(=O)C(C)C)ccc2OC2CCC(C)CC2C(C)C)c2ccnc-2n1O. The van der Waals surface area contributed by atoms with Gasteiger partial charge in [-0.15, -0.1) is 0 Å². The van der Waals surface area contributed by atoms with E-state index in [1.54, 1.807) is 45.2 Å². The van der Waals surface area contributed by atoms with Crippen molar-refractivity contribution >= 4 is 9.84 Å². The van der Waals surface area contributed by atoms with Gasteiger partial charge < -0.3 is 9.94 Å². The standard InChI is InChI=1S/C27H36N2O4S/c1-16(2)22-13-18(5)7-9-25(22)33-26-10-8-20(34(31,32)17(3)4)15-24(26)23-14-19(6)29(30)27-21(23)11-12-28-27/h8,10-12,14-18,22,25,30H,7,9,13H2,1-6H3. The molecule has 1 fully saturated rings. The fourth-order valence-electron chi connectivity index (χ4n) is 5.12. The topological polar surface area (TPSA) is 81.4 Å². The van der Waals surface area contributed by atoms with E-state index in [1.807, 2.05) is 12.1 Å². The molecule has 2 aliphatic heterocycles. The number of ether oxygens (including phenoxy) is 1. The molecule has 0 bridgehead atoms. The first-order valence-corrected chi connectivity index (χ1v) is 13.8. The van der Waals surface area contributed by atoms with E-state index in [0.717, 1.165) is 35.1 Å². The quantitative estimate of drug-likeness (QED) is 0.420. The van der Waals surface area contributed by atoms with E-state index in [-0.39, 0.29) is 11.0 Å². The molecule has 3 aliphatic rings. The molecular formula is C27H36N2O4S. The zero-order valence-electron chi connectivity index (χ0n) is 20.9. The van der Waals surface area contributed by atoms with Crippen LogP contribution in [0.1, 0.15) is 59.6 Å². The van der Waals surface area contributed by atoms with Crippen molar-refractivity contribution in [2.24, 2.45) is 17.8 Å². The number of rotatable bonds is 6. The van der Waals surface area contributed by atoms with Crippen LogP contribution in [0.15, 0.2) is 41.4 Å². The molecule has 34 heavy (non-hydrogen) atoms. The molecule has 0 saturated heterocycles. The molecular weight excluding hydrogens is 448 g/mol. The summed E-state index contributed by atoms with van der Waals surface area (Å²) in [6.45, 7) is 12.0. The highest BCUT2D eigenvalue weighted by molar-refractivity contribution is 7.92. The first-order chi connectivity index (χ1) is 16.0. The van der Waals surface area contributed by atoms with E-state index in [9.17, 15) is 13.6 Å². The molecule has 6 nitrogen and oxygen atoms in total. The molecule has 0 aromatic heterocycles. The van der Waals surface area contributed by atoms with Gasteiger partial charge in [-0.05, 0) is 93.7 Å². The van der Waals surface area contributed by atoms with Gasteiger partial charge in [0.25, 0.3) is 0 Å². The third kappa shape index (κ3) is 4.42. The van der Waals surface area contributed by atoms with Crippen molar-refractivity contribution in [1.82, 2.24) is 9.71 Å². The van der Waals surface area contributed by atoms with Crippen LogP contribution in [0.3, 0.4) is 0 Å². The minimum Gasteiger partial charge on any atom is -0.489 e. The van der Waals surface area contributed by atoms with Gasteiger partial charge in [0, 0.05) is 17.3 Å². The molecule has 7 heteroatoms. The average molecular weight is 485 g/mol. The summed E-state index contributed by atoms with van der Waals surface area (Å²) in [6, 6.07) is 8.89. The molecule has 0 spiro atoms. The maximum absolute atomic E-state index is 13.0. The fourth-order valence-corrected chi connectivity index (χ4v) is 6.21. The third-order valence-corrected chi connectivity index (χ3v) is 9.43. The van der Waals surface area contributed by atoms with Crippen LogP contribution < -0.4 is 4.74 Å². The van der Waals surface area contributed by atoms with Crippen LogP contribution in [0.4, 0.5) is 0 Å². The Hall–Kier alpha value is -2.54. The summed E-state index contributed by atoms with van der Waals surface area (Å²) in [5, 5.41) is 9.92. The molecule has 2 heterocycles. The van der Waals surface area contributed by atoms with Crippen molar-refractivity contribution in [2.75, 3.05) is 0 Å². The van der Waals surface area contributed by atoms with Gasteiger partial charge in [0.2, 0.25) is 0 Å². The number of nitrogens with zero attached hydrogens (tertiary/aromatic N) is 2. The predicted molar refractivity (Wildman–Crippen MR) is 134 cm³/mol. The Morgan fingerprint density at radius 1 is 1.06 bits per heavy atom. The lowest BCUT2D eigenvalue weighted by molar-refractivity contribution is 0.0478. The molecule has 184 valence electrons. The van der Waals surface area contributed by atoms with Crippen LogP contribution in [0.25, 0.3) is 22.5 Å². The summed E-state index contributed by atoms with van der Waals surface area (Å²) in [4.78, 5) is 4.58. The van der Waals surface area contributed by atoms with Crippen LogP contribution in [-0.4, -0.2) is 34.7 Å². The van der Waals surface area contributed by atoms with Crippen molar-refractivity contribution in [3.05, 3.63) is 42.2 Å². The Kier molecular flexibility index (Phi) is 6.69. The second kappa shape index (κ2) is 9.25. The Bertz CT molecular complexity index is 1250. The summed E-state index contributed by atoms with van der Waals surface area (Å²) < 4.78 is 33.8. The van der Waals surface area contributed by atoms with Crippen LogP contribution >= 0.6 is 0 Å². The van der Waals surface area contributed by atoms with Gasteiger partial charge in [-0.3, -0.25) is 0 Å². The van der Waals surface area contributed by atoms with Gasteiger partial charge in [-0.1, -0.05) is 20.8 Å². The maximum Gasteiger partial charge on any atom is 0.180 e. The monoisotopic (exact) mass is 484 g/mol. The van der Waals surface area contributed by atoms with Crippen LogP contribution in [0.2, 0.25) is 0 Å². The summed E-state index contributed by atoms with van der Waals surface area (Å²) in [5.74, 6) is 2.72. The lowest BCUT2D eigenvalue weighted by atomic mass is 9.75. The Morgan fingerprint density at radius 3 is 2.47 bits per heavy atom. The maximum atomic E-state index is 13.0. The van der Waals surface area contributed by atoms with Crippen LogP contribution in [0, 0.1) is 24.7 Å². The minimum atomic E-state index is -3.47. The van der Waals surface area contributed by atoms with E-state index in [4.69, 9.17) is 4.74 Å². The summed E-state index contributed by atoms with van der Waals surface area (Å²) in [6.07, 6.45) is 4.95. The van der Waals surface area contributed by atoms with Crippen molar-refractivity contribution in [2.45, 2.75) is 77.1 Å². The van der Waals surface area contributed by atoms with Crippen molar-refractivity contribution in [3.63, 3.8) is 0 Å². The smallest absolute Gasteiger partial charge is 0.180 e. The van der Waals surface area contributed by atoms with Gasteiger partial charge in [0.1, 0.15) is 11.9 Å². The number of pyridine rings is 1.